The maximum atomic E-state index is 4.83. The number of aryl methyl sites for hydroxylation is 1. The van der Waals surface area contributed by atoms with Crippen molar-refractivity contribution in [3.63, 3.8) is 0 Å². The van der Waals surface area contributed by atoms with E-state index >= 15 is 0 Å². The Morgan fingerprint density at radius 3 is 2.50 bits per heavy atom. The van der Waals surface area contributed by atoms with Gasteiger partial charge in [-0.3, -0.25) is 0 Å². The first-order chi connectivity index (χ1) is 18.6. The second-order valence-corrected chi connectivity index (χ2v) is 9.78. The summed E-state index contributed by atoms with van der Waals surface area (Å²) in [5, 5.41) is 17.0. The second-order valence-electron chi connectivity index (χ2n) is 9.78. The number of pyridine rings is 1. The van der Waals surface area contributed by atoms with Crippen LogP contribution in [0.15, 0.2) is 73.7 Å². The zero-order valence-electron chi connectivity index (χ0n) is 22.1. The van der Waals surface area contributed by atoms with Gasteiger partial charge in [0.2, 0.25) is 0 Å². The zero-order valence-corrected chi connectivity index (χ0v) is 22.1. The molecule has 0 fully saturated rings. The largest absolute Gasteiger partial charge is 0.338 e. The van der Waals surface area contributed by atoms with Crippen LogP contribution in [0.3, 0.4) is 0 Å². The number of anilines is 2. The summed E-state index contributed by atoms with van der Waals surface area (Å²) in [6.07, 6.45) is 11.1. The van der Waals surface area contributed by atoms with Crippen molar-refractivity contribution >= 4 is 22.7 Å². The summed E-state index contributed by atoms with van der Waals surface area (Å²) in [5.74, 6) is 1.41. The number of nitrogens with zero attached hydrogens (tertiary/aromatic N) is 8. The lowest BCUT2D eigenvalue weighted by Crippen LogP contribution is -2.05. The average Bonchev–Trinajstić information content (AvgIpc) is 3.69. The highest BCUT2D eigenvalue weighted by atomic mass is 15.3. The van der Waals surface area contributed by atoms with Gasteiger partial charge in [-0.25, -0.2) is 23.7 Å². The highest BCUT2D eigenvalue weighted by Gasteiger charge is 2.18. The van der Waals surface area contributed by atoms with E-state index in [2.05, 4.69) is 89.6 Å². The summed E-state index contributed by atoms with van der Waals surface area (Å²) >= 11 is 0. The quantitative estimate of drug-likeness (QED) is 0.270. The molecule has 0 aliphatic rings. The van der Waals surface area contributed by atoms with Crippen molar-refractivity contribution in [1.29, 1.82) is 0 Å². The predicted molar refractivity (Wildman–Crippen MR) is 148 cm³/mol. The fourth-order valence-corrected chi connectivity index (χ4v) is 5.12. The van der Waals surface area contributed by atoms with E-state index in [1.165, 1.54) is 16.7 Å². The Labute approximate surface area is 221 Å². The molecule has 1 aromatic carbocycles. The van der Waals surface area contributed by atoms with Gasteiger partial charge in [0, 0.05) is 30.2 Å². The van der Waals surface area contributed by atoms with Crippen molar-refractivity contribution < 1.29 is 0 Å². The van der Waals surface area contributed by atoms with E-state index in [-0.39, 0.29) is 5.92 Å². The van der Waals surface area contributed by atoms with Gasteiger partial charge in [0.1, 0.15) is 18.2 Å². The van der Waals surface area contributed by atoms with Crippen LogP contribution < -0.4 is 5.32 Å². The van der Waals surface area contributed by atoms with E-state index in [4.69, 9.17) is 5.10 Å². The van der Waals surface area contributed by atoms with Crippen LogP contribution in [0.4, 0.5) is 11.5 Å². The van der Waals surface area contributed by atoms with E-state index in [1.54, 1.807) is 17.2 Å². The molecule has 0 spiro atoms. The van der Waals surface area contributed by atoms with Crippen molar-refractivity contribution in [2.24, 2.45) is 0 Å². The van der Waals surface area contributed by atoms with Gasteiger partial charge >= 0.3 is 0 Å². The molecule has 0 aliphatic carbocycles. The normalized spacial score (nSPS) is 13.3. The third-order valence-corrected chi connectivity index (χ3v) is 7.43. The Morgan fingerprint density at radius 1 is 0.868 bits per heavy atom. The number of nitrogens with one attached hydrogen (secondary N) is 1. The molecular weight excluding hydrogens is 474 g/mol. The molecule has 6 rings (SSSR count). The SMILES string of the molecule is CCC(C)c1ccn(-c2ccn3ncnc(Nc4ccc(C(CC)c5ccn6ncnc6c5)c(C)c4)c23)n1. The van der Waals surface area contributed by atoms with Gasteiger partial charge in [0.25, 0.3) is 0 Å². The molecule has 5 heterocycles. The van der Waals surface area contributed by atoms with Gasteiger partial charge in [0.05, 0.1) is 11.4 Å². The van der Waals surface area contributed by atoms with Gasteiger partial charge in [-0.1, -0.05) is 26.8 Å². The molecule has 9 heteroatoms. The molecule has 6 aromatic rings. The molecule has 2 atom stereocenters. The predicted octanol–water partition coefficient (Wildman–Crippen LogP) is 6.07. The van der Waals surface area contributed by atoms with E-state index in [1.807, 2.05) is 33.9 Å². The van der Waals surface area contributed by atoms with Crippen LogP contribution in [0.25, 0.3) is 16.9 Å². The molecule has 38 heavy (non-hydrogen) atoms. The Bertz CT molecular complexity index is 1720. The monoisotopic (exact) mass is 505 g/mol. The van der Waals surface area contributed by atoms with Crippen molar-refractivity contribution in [3.05, 3.63) is 96.1 Å². The van der Waals surface area contributed by atoms with Gasteiger partial charge in [-0.15, -0.1) is 0 Å². The molecule has 5 aromatic heterocycles. The topological polar surface area (TPSA) is 90.2 Å². The Morgan fingerprint density at radius 2 is 1.68 bits per heavy atom. The van der Waals surface area contributed by atoms with Crippen LogP contribution in [-0.4, -0.2) is 39.0 Å². The summed E-state index contributed by atoms with van der Waals surface area (Å²) in [4.78, 5) is 8.95. The first kappa shape index (κ1) is 23.8. The van der Waals surface area contributed by atoms with E-state index in [0.717, 1.165) is 46.9 Å². The first-order valence-electron chi connectivity index (χ1n) is 13.1. The van der Waals surface area contributed by atoms with Gasteiger partial charge in [0.15, 0.2) is 11.5 Å². The highest BCUT2D eigenvalue weighted by Crippen LogP contribution is 2.33. The maximum Gasteiger partial charge on any atom is 0.160 e. The number of benzene rings is 1. The number of hydrogen-bond acceptors (Lipinski definition) is 6. The molecule has 192 valence electrons. The molecule has 2 unspecified atom stereocenters. The molecule has 0 bridgehead atoms. The highest BCUT2D eigenvalue weighted by molar-refractivity contribution is 5.81. The maximum absolute atomic E-state index is 4.83. The van der Waals surface area contributed by atoms with E-state index in [0.29, 0.717) is 5.92 Å². The fourth-order valence-electron chi connectivity index (χ4n) is 5.12. The van der Waals surface area contributed by atoms with Crippen molar-refractivity contribution in [2.75, 3.05) is 5.32 Å². The molecular formula is C29H31N9. The lowest BCUT2D eigenvalue weighted by molar-refractivity contribution is 0.689. The molecule has 1 N–H and O–H groups in total. The molecule has 0 amide bonds. The fraction of sp³-hybridized carbons (Fsp3) is 0.276. The lowest BCUT2D eigenvalue weighted by Gasteiger charge is -2.19. The van der Waals surface area contributed by atoms with Crippen molar-refractivity contribution in [1.82, 2.24) is 39.0 Å². The van der Waals surface area contributed by atoms with Crippen LogP contribution in [0, 0.1) is 6.92 Å². The number of hydrogen-bond donors (Lipinski definition) is 1. The Balaban J connectivity index is 1.32. The number of aromatic nitrogens is 8. The van der Waals surface area contributed by atoms with Crippen LogP contribution in [0.1, 0.15) is 67.8 Å². The minimum atomic E-state index is 0.272. The lowest BCUT2D eigenvalue weighted by atomic mass is 9.87. The summed E-state index contributed by atoms with van der Waals surface area (Å²) in [5.41, 5.74) is 8.48. The van der Waals surface area contributed by atoms with Crippen LogP contribution >= 0.6 is 0 Å². The Kier molecular flexibility index (Phi) is 6.11. The van der Waals surface area contributed by atoms with Crippen LogP contribution in [-0.2, 0) is 0 Å². The van der Waals surface area contributed by atoms with E-state index in [9.17, 15) is 0 Å². The smallest absolute Gasteiger partial charge is 0.160 e. The minimum Gasteiger partial charge on any atom is -0.338 e. The van der Waals surface area contributed by atoms with Crippen LogP contribution in [0.2, 0.25) is 0 Å². The van der Waals surface area contributed by atoms with Crippen molar-refractivity contribution in [3.8, 4) is 5.69 Å². The van der Waals surface area contributed by atoms with Gasteiger partial charge < -0.3 is 5.32 Å². The molecule has 0 saturated carbocycles. The Hall–Kier alpha value is -4.53. The van der Waals surface area contributed by atoms with Gasteiger partial charge in [-0.05, 0) is 78.8 Å². The zero-order chi connectivity index (χ0) is 26.2. The summed E-state index contributed by atoms with van der Waals surface area (Å²) < 4.78 is 5.55. The second kappa shape index (κ2) is 9.74. The molecule has 9 nitrogen and oxygen atoms in total. The van der Waals surface area contributed by atoms with Crippen molar-refractivity contribution in [2.45, 2.75) is 52.4 Å². The summed E-state index contributed by atoms with van der Waals surface area (Å²) in [6.45, 7) is 8.76. The minimum absolute atomic E-state index is 0.272. The molecule has 0 aliphatic heterocycles. The molecule has 0 saturated heterocycles. The standard InChI is InChI=1S/C29H31N9/c1-5-19(3)25-10-13-36(35-25)26-11-14-38-28(26)29(31-18-33-38)34-22-7-8-24(20(4)15-22)23(6-2)21-9-12-37-27(16-21)30-17-32-37/h7-19,23H,5-6H2,1-4H3,(H,31,33,34). The van der Waals surface area contributed by atoms with E-state index < -0.39 is 0 Å². The summed E-state index contributed by atoms with van der Waals surface area (Å²) in [6, 6.07) is 14.9. The first-order valence-corrected chi connectivity index (χ1v) is 13.1. The van der Waals surface area contributed by atoms with Crippen LogP contribution in [0.5, 0.6) is 0 Å². The number of fused-ring (bicyclic) bond motifs is 2. The molecule has 0 radical (unpaired) electrons. The third kappa shape index (κ3) is 4.19. The number of rotatable bonds is 8. The average molecular weight is 506 g/mol. The van der Waals surface area contributed by atoms with Gasteiger partial charge in [-0.2, -0.15) is 15.3 Å². The summed E-state index contributed by atoms with van der Waals surface area (Å²) in [7, 11) is 0. The third-order valence-electron chi connectivity index (χ3n) is 7.43.